The first kappa shape index (κ1) is 12.6. The average molecular weight is 250 g/mol. The van der Waals surface area contributed by atoms with Gasteiger partial charge >= 0.3 is 0 Å². The standard InChI is InChI=1S/C12H18N4O2/c13-10-7-15-11(6-9(10)12(14)18)16(4-5-17)8-2-1-3-8/h6-8,17H,1-5,13H2,(H2,14,18). The number of aliphatic hydroxyl groups excluding tert-OH is 1. The van der Waals surface area contributed by atoms with Gasteiger partial charge in [0.2, 0.25) is 0 Å². The quantitative estimate of drug-likeness (QED) is 0.688. The predicted molar refractivity (Wildman–Crippen MR) is 69.2 cm³/mol. The van der Waals surface area contributed by atoms with E-state index in [-0.39, 0.29) is 17.9 Å². The van der Waals surface area contributed by atoms with Crippen molar-refractivity contribution in [3.05, 3.63) is 17.8 Å². The molecule has 0 spiro atoms. The zero-order valence-electron chi connectivity index (χ0n) is 10.2. The summed E-state index contributed by atoms with van der Waals surface area (Å²) in [7, 11) is 0. The molecule has 0 aromatic carbocycles. The number of carbonyl (C=O) groups excluding carboxylic acids is 1. The molecule has 0 aliphatic heterocycles. The lowest BCUT2D eigenvalue weighted by atomic mass is 9.91. The first-order valence-corrected chi connectivity index (χ1v) is 6.06. The summed E-state index contributed by atoms with van der Waals surface area (Å²) in [6.07, 6.45) is 4.79. The van der Waals surface area contributed by atoms with Crippen LogP contribution in [-0.4, -0.2) is 35.2 Å². The van der Waals surface area contributed by atoms with Crippen LogP contribution in [0.4, 0.5) is 11.5 Å². The molecule has 1 heterocycles. The molecule has 1 fully saturated rings. The van der Waals surface area contributed by atoms with Gasteiger partial charge < -0.3 is 21.5 Å². The summed E-state index contributed by atoms with van der Waals surface area (Å²) < 4.78 is 0. The topological polar surface area (TPSA) is 105 Å². The molecule has 6 nitrogen and oxygen atoms in total. The van der Waals surface area contributed by atoms with Gasteiger partial charge in [-0.2, -0.15) is 0 Å². The van der Waals surface area contributed by atoms with Crippen molar-refractivity contribution in [2.24, 2.45) is 5.73 Å². The largest absolute Gasteiger partial charge is 0.397 e. The fraction of sp³-hybridized carbons (Fsp3) is 0.500. The number of hydrogen-bond acceptors (Lipinski definition) is 5. The van der Waals surface area contributed by atoms with Crippen LogP contribution in [0.1, 0.15) is 29.6 Å². The highest BCUT2D eigenvalue weighted by molar-refractivity contribution is 5.98. The Morgan fingerprint density at radius 3 is 2.78 bits per heavy atom. The number of aromatic nitrogens is 1. The smallest absolute Gasteiger partial charge is 0.250 e. The molecule has 1 amide bonds. The molecule has 2 rings (SSSR count). The SMILES string of the molecule is NC(=O)c1cc(N(CCO)C2CCC2)ncc1N. The predicted octanol–water partition coefficient (Wildman–Crippen LogP) is 0.114. The van der Waals surface area contributed by atoms with E-state index in [1.165, 1.54) is 12.6 Å². The van der Waals surface area contributed by atoms with Gasteiger partial charge in [-0.15, -0.1) is 0 Å². The normalized spacial score (nSPS) is 15.2. The monoisotopic (exact) mass is 250 g/mol. The summed E-state index contributed by atoms with van der Waals surface area (Å²) in [4.78, 5) is 17.5. The van der Waals surface area contributed by atoms with Crippen molar-refractivity contribution >= 4 is 17.4 Å². The van der Waals surface area contributed by atoms with Gasteiger partial charge in [0.1, 0.15) is 5.82 Å². The summed E-state index contributed by atoms with van der Waals surface area (Å²) in [5, 5.41) is 9.11. The lowest BCUT2D eigenvalue weighted by molar-refractivity contribution is 0.100. The maximum Gasteiger partial charge on any atom is 0.250 e. The Morgan fingerprint density at radius 1 is 1.56 bits per heavy atom. The minimum atomic E-state index is -0.561. The van der Waals surface area contributed by atoms with Crippen LogP contribution in [0.2, 0.25) is 0 Å². The third-order valence-corrected chi connectivity index (χ3v) is 3.34. The lowest BCUT2D eigenvalue weighted by Crippen LogP contribution is -2.42. The second-order valence-corrected chi connectivity index (χ2v) is 4.50. The van der Waals surface area contributed by atoms with Crippen molar-refractivity contribution in [1.29, 1.82) is 0 Å². The Bertz CT molecular complexity index is 446. The summed E-state index contributed by atoms with van der Waals surface area (Å²) in [5.41, 5.74) is 11.5. The van der Waals surface area contributed by atoms with E-state index in [0.29, 0.717) is 18.4 Å². The van der Waals surface area contributed by atoms with Crippen LogP contribution >= 0.6 is 0 Å². The molecule has 98 valence electrons. The van der Waals surface area contributed by atoms with Gasteiger partial charge in [-0.3, -0.25) is 4.79 Å². The van der Waals surface area contributed by atoms with Crippen molar-refractivity contribution < 1.29 is 9.90 Å². The molecule has 0 atom stereocenters. The zero-order valence-corrected chi connectivity index (χ0v) is 10.2. The van der Waals surface area contributed by atoms with Gasteiger partial charge in [0.15, 0.2) is 0 Å². The Kier molecular flexibility index (Phi) is 3.66. The molecule has 1 saturated carbocycles. The number of aliphatic hydroxyl groups is 1. The number of carbonyl (C=O) groups is 1. The molecule has 5 N–H and O–H groups in total. The summed E-state index contributed by atoms with van der Waals surface area (Å²) in [5.74, 6) is 0.0884. The van der Waals surface area contributed by atoms with E-state index in [0.717, 1.165) is 12.8 Å². The molecule has 0 bridgehead atoms. The Morgan fingerprint density at radius 2 is 2.28 bits per heavy atom. The minimum absolute atomic E-state index is 0.0501. The van der Waals surface area contributed by atoms with Crippen molar-refractivity contribution in [2.75, 3.05) is 23.8 Å². The summed E-state index contributed by atoms with van der Waals surface area (Å²) in [6, 6.07) is 1.99. The molecule has 1 aromatic heterocycles. The first-order chi connectivity index (χ1) is 8.63. The number of pyridine rings is 1. The van der Waals surface area contributed by atoms with Crippen molar-refractivity contribution in [3.8, 4) is 0 Å². The first-order valence-electron chi connectivity index (χ1n) is 6.06. The van der Waals surface area contributed by atoms with Gasteiger partial charge in [-0.1, -0.05) is 0 Å². The molecule has 0 radical (unpaired) electrons. The van der Waals surface area contributed by atoms with Crippen LogP contribution in [0.3, 0.4) is 0 Å². The average Bonchev–Trinajstić information content (AvgIpc) is 2.26. The van der Waals surface area contributed by atoms with Gasteiger partial charge in [0.05, 0.1) is 24.1 Å². The molecule has 1 aromatic rings. The van der Waals surface area contributed by atoms with E-state index in [1.54, 1.807) is 6.07 Å². The highest BCUT2D eigenvalue weighted by Gasteiger charge is 2.26. The number of nitrogens with two attached hydrogens (primary N) is 2. The summed E-state index contributed by atoms with van der Waals surface area (Å²) in [6.45, 7) is 0.550. The van der Waals surface area contributed by atoms with Crippen LogP contribution in [0, 0.1) is 0 Å². The Balaban J connectivity index is 2.29. The number of anilines is 2. The van der Waals surface area contributed by atoms with Gasteiger partial charge in [-0.25, -0.2) is 4.98 Å². The zero-order chi connectivity index (χ0) is 13.1. The molecule has 1 aliphatic carbocycles. The van der Waals surface area contributed by atoms with Crippen LogP contribution in [-0.2, 0) is 0 Å². The molecule has 18 heavy (non-hydrogen) atoms. The second-order valence-electron chi connectivity index (χ2n) is 4.50. The van der Waals surface area contributed by atoms with E-state index in [2.05, 4.69) is 4.98 Å². The number of rotatable bonds is 5. The highest BCUT2D eigenvalue weighted by atomic mass is 16.3. The minimum Gasteiger partial charge on any atom is -0.397 e. The van der Waals surface area contributed by atoms with Crippen LogP contribution < -0.4 is 16.4 Å². The number of hydrogen-bond donors (Lipinski definition) is 3. The number of primary amides is 1. The van der Waals surface area contributed by atoms with Gasteiger partial charge in [0.25, 0.3) is 5.91 Å². The Hall–Kier alpha value is -1.82. The third kappa shape index (κ3) is 2.38. The van der Waals surface area contributed by atoms with E-state index in [1.807, 2.05) is 4.90 Å². The van der Waals surface area contributed by atoms with Crippen LogP contribution in [0.5, 0.6) is 0 Å². The highest BCUT2D eigenvalue weighted by Crippen LogP contribution is 2.29. The number of nitrogen functional groups attached to an aromatic ring is 1. The van der Waals surface area contributed by atoms with Gasteiger partial charge in [-0.05, 0) is 25.3 Å². The van der Waals surface area contributed by atoms with Gasteiger partial charge in [0, 0.05) is 12.6 Å². The molecular formula is C12H18N4O2. The van der Waals surface area contributed by atoms with E-state index < -0.39 is 5.91 Å². The van der Waals surface area contributed by atoms with E-state index >= 15 is 0 Å². The van der Waals surface area contributed by atoms with Crippen molar-refractivity contribution in [3.63, 3.8) is 0 Å². The number of amides is 1. The van der Waals surface area contributed by atoms with E-state index in [4.69, 9.17) is 16.6 Å². The molecule has 1 aliphatic rings. The van der Waals surface area contributed by atoms with Crippen molar-refractivity contribution in [1.82, 2.24) is 4.98 Å². The van der Waals surface area contributed by atoms with Crippen molar-refractivity contribution in [2.45, 2.75) is 25.3 Å². The Labute approximate surface area is 106 Å². The summed E-state index contributed by atoms with van der Waals surface area (Å²) >= 11 is 0. The maximum absolute atomic E-state index is 11.3. The lowest BCUT2D eigenvalue weighted by Gasteiger charge is -2.38. The molecular weight excluding hydrogens is 232 g/mol. The maximum atomic E-state index is 11.3. The molecule has 0 unspecified atom stereocenters. The second kappa shape index (κ2) is 5.22. The van der Waals surface area contributed by atoms with Crippen LogP contribution in [0.15, 0.2) is 12.3 Å². The molecule has 0 saturated heterocycles. The fourth-order valence-electron chi connectivity index (χ4n) is 2.12. The number of nitrogens with zero attached hydrogens (tertiary/aromatic N) is 2. The molecule has 6 heteroatoms. The van der Waals surface area contributed by atoms with Crippen LogP contribution in [0.25, 0.3) is 0 Å². The van der Waals surface area contributed by atoms with E-state index in [9.17, 15) is 4.79 Å². The fourth-order valence-corrected chi connectivity index (χ4v) is 2.12. The third-order valence-electron chi connectivity index (χ3n) is 3.34.